The van der Waals surface area contributed by atoms with Crippen LogP contribution >= 0.6 is 0 Å². The van der Waals surface area contributed by atoms with Gasteiger partial charge in [-0.3, -0.25) is 9.78 Å². The normalized spacial score (nSPS) is 35.4. The van der Waals surface area contributed by atoms with Crippen molar-refractivity contribution in [1.29, 1.82) is 0 Å². The average Bonchev–Trinajstić information content (AvgIpc) is 3.44. The first-order valence-electron chi connectivity index (χ1n) is 12.0. The van der Waals surface area contributed by atoms with Crippen LogP contribution in [0.5, 0.6) is 0 Å². The topological polar surface area (TPSA) is 73.1 Å². The first kappa shape index (κ1) is 20.1. The summed E-state index contributed by atoms with van der Waals surface area (Å²) in [6, 6.07) is 3.82. The van der Waals surface area contributed by atoms with Crippen LogP contribution in [-0.2, 0) is 9.53 Å². The molecule has 2 aromatic rings. The van der Waals surface area contributed by atoms with Crippen LogP contribution in [0.2, 0.25) is 0 Å². The molecular weight excluding hydrogens is 402 g/mol. The van der Waals surface area contributed by atoms with Crippen molar-refractivity contribution >= 4 is 5.91 Å². The minimum Gasteiger partial charge on any atom is -0.373 e. The van der Waals surface area contributed by atoms with Gasteiger partial charge in [0.15, 0.2) is 0 Å². The van der Waals surface area contributed by atoms with Gasteiger partial charge in [-0.15, -0.1) is 5.10 Å². The highest BCUT2D eigenvalue weighted by atomic mass is 16.5. The molecule has 0 aromatic carbocycles. The average molecular weight is 434 g/mol. The second kappa shape index (κ2) is 7.80. The van der Waals surface area contributed by atoms with Crippen molar-refractivity contribution in [2.24, 2.45) is 23.2 Å². The number of amides is 1. The van der Waals surface area contributed by atoms with Gasteiger partial charge in [0.05, 0.1) is 24.9 Å². The van der Waals surface area contributed by atoms with Crippen LogP contribution in [-0.4, -0.2) is 56.6 Å². The lowest BCUT2D eigenvalue weighted by molar-refractivity contribution is -0.127. The lowest BCUT2D eigenvalue weighted by atomic mass is 9.50. The van der Waals surface area contributed by atoms with Gasteiger partial charge in [-0.25, -0.2) is 4.68 Å². The van der Waals surface area contributed by atoms with Crippen LogP contribution in [0.4, 0.5) is 0 Å². The molecule has 1 saturated heterocycles. The summed E-state index contributed by atoms with van der Waals surface area (Å²) in [5, 5.41) is 8.78. The molecule has 4 bridgehead atoms. The molecule has 32 heavy (non-hydrogen) atoms. The van der Waals surface area contributed by atoms with Gasteiger partial charge in [0.1, 0.15) is 5.69 Å². The fourth-order valence-electron chi connectivity index (χ4n) is 7.32. The van der Waals surface area contributed by atoms with Crippen molar-refractivity contribution in [2.75, 3.05) is 19.7 Å². The molecule has 7 heteroatoms. The maximum atomic E-state index is 12.4. The number of hydrogen-bond acceptors (Lipinski definition) is 5. The van der Waals surface area contributed by atoms with Gasteiger partial charge in [0, 0.05) is 31.0 Å². The third kappa shape index (κ3) is 3.56. The van der Waals surface area contributed by atoms with E-state index >= 15 is 0 Å². The van der Waals surface area contributed by atoms with Crippen LogP contribution in [0.1, 0.15) is 44.6 Å². The molecule has 5 fully saturated rings. The minimum absolute atomic E-state index is 0.0502. The van der Waals surface area contributed by atoms with Gasteiger partial charge in [-0.05, 0) is 79.9 Å². The van der Waals surface area contributed by atoms with Gasteiger partial charge < -0.3 is 9.64 Å². The molecule has 1 aliphatic heterocycles. The van der Waals surface area contributed by atoms with E-state index in [0.29, 0.717) is 18.5 Å². The summed E-state index contributed by atoms with van der Waals surface area (Å²) in [5.74, 6) is 2.66. The van der Waals surface area contributed by atoms with Crippen molar-refractivity contribution in [3.8, 4) is 11.3 Å². The predicted octanol–water partition coefficient (Wildman–Crippen LogP) is 3.51. The molecule has 7 nitrogen and oxygen atoms in total. The van der Waals surface area contributed by atoms with E-state index in [4.69, 9.17) is 4.74 Å². The van der Waals surface area contributed by atoms with E-state index in [1.165, 1.54) is 44.6 Å². The third-order valence-corrected chi connectivity index (χ3v) is 8.30. The van der Waals surface area contributed by atoms with E-state index in [9.17, 15) is 4.79 Å². The molecule has 2 aromatic heterocycles. The maximum absolute atomic E-state index is 12.4. The molecule has 168 valence electrons. The standard InChI is InChI=1S/C25H31N5O2/c1-2-24(31)29-14-22(30-13-21(27-28-30)20-4-3-5-26-12-20)23(15-29)32-16-25-9-17-6-18(10-25)8-19(7-17)11-25/h2-5,12-13,17-19,22-23H,1,6-11,14-16H2/t17?,18?,19?,22?,23-,25?/m1/s1. The number of rotatable bonds is 6. The lowest BCUT2D eigenvalue weighted by Crippen LogP contribution is -2.49. The largest absolute Gasteiger partial charge is 0.373 e. The molecule has 3 heterocycles. The SMILES string of the molecule is C=CC(=O)N1CC(n2cc(-c3cccnc3)nn2)[C@H](OCC23CC4CC(CC(C4)C2)C3)C1. The number of pyridine rings is 1. The van der Waals surface area contributed by atoms with Crippen molar-refractivity contribution in [2.45, 2.75) is 50.7 Å². The first-order valence-corrected chi connectivity index (χ1v) is 12.0. The van der Waals surface area contributed by atoms with Crippen LogP contribution in [0.15, 0.2) is 43.4 Å². The summed E-state index contributed by atoms with van der Waals surface area (Å²) in [5.41, 5.74) is 2.06. The second-order valence-electron chi connectivity index (χ2n) is 10.6. The molecule has 0 spiro atoms. The summed E-state index contributed by atoms with van der Waals surface area (Å²) in [4.78, 5) is 18.4. The van der Waals surface area contributed by atoms with E-state index in [2.05, 4.69) is 21.9 Å². The lowest BCUT2D eigenvalue weighted by Gasteiger charge is -2.56. The number of ether oxygens (including phenoxy) is 1. The van der Waals surface area contributed by atoms with Crippen LogP contribution in [0.3, 0.4) is 0 Å². The zero-order valence-electron chi connectivity index (χ0n) is 18.5. The quantitative estimate of drug-likeness (QED) is 0.652. The smallest absolute Gasteiger partial charge is 0.246 e. The van der Waals surface area contributed by atoms with Gasteiger partial charge in [0.25, 0.3) is 0 Å². The number of nitrogens with zero attached hydrogens (tertiary/aromatic N) is 5. The summed E-state index contributed by atoms with van der Waals surface area (Å²) in [7, 11) is 0. The molecule has 1 unspecified atom stereocenters. The van der Waals surface area contributed by atoms with Crippen molar-refractivity contribution < 1.29 is 9.53 Å². The highest BCUT2D eigenvalue weighted by molar-refractivity contribution is 5.87. The summed E-state index contributed by atoms with van der Waals surface area (Å²) >= 11 is 0. The monoisotopic (exact) mass is 433 g/mol. The summed E-state index contributed by atoms with van der Waals surface area (Å²) in [6.07, 6.45) is 15.0. The van der Waals surface area contributed by atoms with Gasteiger partial charge in [0.2, 0.25) is 5.91 Å². The summed E-state index contributed by atoms with van der Waals surface area (Å²) in [6.45, 7) is 5.61. The Morgan fingerprint density at radius 3 is 2.59 bits per heavy atom. The van der Waals surface area contributed by atoms with E-state index < -0.39 is 0 Å². The Morgan fingerprint density at radius 1 is 1.19 bits per heavy atom. The van der Waals surface area contributed by atoms with E-state index in [1.54, 1.807) is 12.4 Å². The first-order chi connectivity index (χ1) is 15.6. The molecule has 0 N–H and O–H groups in total. The molecule has 4 aliphatic carbocycles. The zero-order valence-corrected chi connectivity index (χ0v) is 18.5. The Labute approximate surface area is 188 Å². The Morgan fingerprint density at radius 2 is 1.94 bits per heavy atom. The van der Waals surface area contributed by atoms with Gasteiger partial charge >= 0.3 is 0 Å². The Kier molecular flexibility index (Phi) is 4.90. The third-order valence-electron chi connectivity index (χ3n) is 8.30. The fraction of sp³-hybridized carbons (Fsp3) is 0.600. The summed E-state index contributed by atoms with van der Waals surface area (Å²) < 4.78 is 8.54. The number of aromatic nitrogens is 4. The Hall–Kier alpha value is -2.54. The van der Waals surface area contributed by atoms with E-state index in [-0.39, 0.29) is 18.1 Å². The Bertz CT molecular complexity index is 967. The highest BCUT2D eigenvalue weighted by Crippen LogP contribution is 2.60. The van der Waals surface area contributed by atoms with E-state index in [0.717, 1.165) is 35.6 Å². The van der Waals surface area contributed by atoms with Crippen LogP contribution in [0, 0.1) is 23.2 Å². The zero-order chi connectivity index (χ0) is 21.7. The van der Waals surface area contributed by atoms with Gasteiger partial charge in [-0.1, -0.05) is 11.8 Å². The molecule has 7 rings (SSSR count). The molecule has 1 amide bonds. The van der Waals surface area contributed by atoms with Gasteiger partial charge in [-0.2, -0.15) is 0 Å². The minimum atomic E-state index is -0.0876. The molecule has 4 saturated carbocycles. The molecule has 2 atom stereocenters. The molecule has 5 aliphatic rings. The van der Waals surface area contributed by atoms with Crippen LogP contribution in [0.25, 0.3) is 11.3 Å². The fourth-order valence-corrected chi connectivity index (χ4v) is 7.32. The number of carbonyl (C=O) groups is 1. The van der Waals surface area contributed by atoms with Crippen molar-refractivity contribution in [3.63, 3.8) is 0 Å². The van der Waals surface area contributed by atoms with E-state index in [1.807, 2.05) is 27.9 Å². The predicted molar refractivity (Wildman–Crippen MR) is 119 cm³/mol. The van der Waals surface area contributed by atoms with Crippen molar-refractivity contribution in [3.05, 3.63) is 43.4 Å². The second-order valence-corrected chi connectivity index (χ2v) is 10.6. The van der Waals surface area contributed by atoms with Crippen molar-refractivity contribution in [1.82, 2.24) is 24.9 Å². The number of likely N-dealkylation sites (tertiary alicyclic amines) is 1. The number of carbonyl (C=O) groups excluding carboxylic acids is 1. The number of hydrogen-bond donors (Lipinski definition) is 0. The Balaban J connectivity index is 1.21. The molecule has 0 radical (unpaired) electrons. The molecular formula is C25H31N5O2. The maximum Gasteiger partial charge on any atom is 0.246 e. The highest BCUT2D eigenvalue weighted by Gasteiger charge is 2.51. The van der Waals surface area contributed by atoms with Crippen LogP contribution < -0.4 is 0 Å².